The van der Waals surface area contributed by atoms with Gasteiger partial charge in [0.05, 0.1) is 14.2 Å². The zero-order valence-electron chi connectivity index (χ0n) is 13.6. The molecule has 0 aliphatic rings. The van der Waals surface area contributed by atoms with E-state index >= 15 is 0 Å². The van der Waals surface area contributed by atoms with Gasteiger partial charge in [-0.3, -0.25) is 4.79 Å². The highest BCUT2D eigenvalue weighted by atomic mass is 16.5. The predicted molar refractivity (Wildman–Crippen MR) is 88.1 cm³/mol. The normalized spacial score (nSPS) is 10.0. The average Bonchev–Trinajstić information content (AvgIpc) is 2.57. The molecule has 0 fully saturated rings. The molecule has 2 rings (SSSR count). The Morgan fingerprint density at radius 2 is 1.70 bits per heavy atom. The minimum Gasteiger partial charge on any atom is -0.497 e. The van der Waals surface area contributed by atoms with E-state index in [-0.39, 0.29) is 12.5 Å². The Hall–Kier alpha value is -2.69. The fourth-order valence-corrected chi connectivity index (χ4v) is 2.07. The van der Waals surface area contributed by atoms with Crippen LogP contribution in [0.5, 0.6) is 17.2 Å². The summed E-state index contributed by atoms with van der Waals surface area (Å²) in [5.74, 6) is 1.87. The maximum absolute atomic E-state index is 11.9. The molecule has 2 aromatic carbocycles. The van der Waals surface area contributed by atoms with E-state index in [9.17, 15) is 4.79 Å². The number of ether oxygens (including phenoxy) is 3. The van der Waals surface area contributed by atoms with Gasteiger partial charge in [0, 0.05) is 12.6 Å². The highest BCUT2D eigenvalue weighted by Gasteiger charge is 2.06. The quantitative estimate of drug-likeness (QED) is 0.853. The van der Waals surface area contributed by atoms with Crippen LogP contribution < -0.4 is 19.5 Å². The van der Waals surface area contributed by atoms with Crippen LogP contribution in [-0.2, 0) is 11.3 Å². The van der Waals surface area contributed by atoms with Crippen LogP contribution in [0.1, 0.15) is 11.1 Å². The second kappa shape index (κ2) is 8.08. The van der Waals surface area contributed by atoms with Crippen molar-refractivity contribution in [1.29, 1.82) is 0 Å². The van der Waals surface area contributed by atoms with Crippen LogP contribution in [0.25, 0.3) is 0 Å². The third-order valence-electron chi connectivity index (χ3n) is 3.26. The van der Waals surface area contributed by atoms with E-state index in [0.29, 0.717) is 23.8 Å². The fourth-order valence-electron chi connectivity index (χ4n) is 2.07. The van der Waals surface area contributed by atoms with Crippen molar-refractivity contribution < 1.29 is 19.0 Å². The van der Waals surface area contributed by atoms with Crippen LogP contribution in [0, 0.1) is 6.92 Å². The summed E-state index contributed by atoms with van der Waals surface area (Å²) < 4.78 is 15.9. The largest absolute Gasteiger partial charge is 0.497 e. The molecule has 0 aromatic heterocycles. The van der Waals surface area contributed by atoms with Gasteiger partial charge in [-0.05, 0) is 42.3 Å². The van der Waals surface area contributed by atoms with Gasteiger partial charge in [-0.1, -0.05) is 12.1 Å². The molecule has 0 spiro atoms. The van der Waals surface area contributed by atoms with Crippen LogP contribution in [0.4, 0.5) is 0 Å². The number of hydrogen-bond donors (Lipinski definition) is 1. The number of amides is 1. The summed E-state index contributed by atoms with van der Waals surface area (Å²) in [7, 11) is 3.18. The zero-order valence-corrected chi connectivity index (χ0v) is 13.6. The standard InChI is InChI=1S/C18H21NO4/c1-13-5-4-6-15(7-13)23-12-18(20)19-11-14-8-16(21-2)10-17(9-14)22-3/h4-10H,11-12H2,1-3H3,(H,19,20). The molecule has 0 bridgehead atoms. The number of methoxy groups -OCH3 is 2. The van der Waals surface area contributed by atoms with E-state index in [1.54, 1.807) is 20.3 Å². The van der Waals surface area contributed by atoms with Crippen molar-refractivity contribution in [2.75, 3.05) is 20.8 Å². The lowest BCUT2D eigenvalue weighted by Gasteiger charge is -2.10. The molecule has 0 saturated carbocycles. The van der Waals surface area contributed by atoms with Crippen LogP contribution >= 0.6 is 0 Å². The Morgan fingerprint density at radius 3 is 2.30 bits per heavy atom. The van der Waals surface area contributed by atoms with Crippen LogP contribution in [-0.4, -0.2) is 26.7 Å². The first kappa shape index (κ1) is 16.7. The molecule has 5 nitrogen and oxygen atoms in total. The van der Waals surface area contributed by atoms with Crippen molar-refractivity contribution in [2.24, 2.45) is 0 Å². The second-order valence-corrected chi connectivity index (χ2v) is 5.10. The molecule has 1 N–H and O–H groups in total. The number of aryl methyl sites for hydroxylation is 1. The molecule has 122 valence electrons. The molecule has 0 heterocycles. The summed E-state index contributed by atoms with van der Waals surface area (Å²) >= 11 is 0. The van der Waals surface area contributed by atoms with E-state index in [0.717, 1.165) is 11.1 Å². The number of nitrogens with one attached hydrogen (secondary N) is 1. The van der Waals surface area contributed by atoms with Gasteiger partial charge in [0.2, 0.25) is 0 Å². The highest BCUT2D eigenvalue weighted by molar-refractivity contribution is 5.77. The first-order chi connectivity index (χ1) is 11.1. The van der Waals surface area contributed by atoms with Crippen LogP contribution in [0.2, 0.25) is 0 Å². The maximum Gasteiger partial charge on any atom is 0.258 e. The number of hydrogen-bond acceptors (Lipinski definition) is 4. The molecular weight excluding hydrogens is 294 g/mol. The van der Waals surface area contributed by atoms with E-state index in [4.69, 9.17) is 14.2 Å². The first-order valence-electron chi connectivity index (χ1n) is 7.29. The predicted octanol–water partition coefficient (Wildman–Crippen LogP) is 2.71. The second-order valence-electron chi connectivity index (χ2n) is 5.10. The molecular formula is C18H21NO4. The molecule has 0 saturated heterocycles. The van der Waals surface area contributed by atoms with E-state index in [2.05, 4.69) is 5.32 Å². The van der Waals surface area contributed by atoms with Gasteiger partial charge in [0.25, 0.3) is 5.91 Å². The first-order valence-corrected chi connectivity index (χ1v) is 7.29. The van der Waals surface area contributed by atoms with E-state index < -0.39 is 0 Å². The SMILES string of the molecule is COc1cc(CNC(=O)COc2cccc(C)c2)cc(OC)c1. The van der Waals surface area contributed by atoms with Crippen molar-refractivity contribution in [3.05, 3.63) is 53.6 Å². The number of carbonyl (C=O) groups is 1. The molecule has 0 unspecified atom stereocenters. The Bertz CT molecular complexity index is 648. The Balaban J connectivity index is 1.86. The topological polar surface area (TPSA) is 56.8 Å². The van der Waals surface area contributed by atoms with Gasteiger partial charge in [0.1, 0.15) is 17.2 Å². The van der Waals surface area contributed by atoms with Gasteiger partial charge in [0.15, 0.2) is 6.61 Å². The summed E-state index contributed by atoms with van der Waals surface area (Å²) in [6, 6.07) is 13.1. The smallest absolute Gasteiger partial charge is 0.258 e. The molecule has 2 aromatic rings. The zero-order chi connectivity index (χ0) is 16.7. The lowest BCUT2D eigenvalue weighted by atomic mass is 10.2. The van der Waals surface area contributed by atoms with Crippen molar-refractivity contribution in [3.8, 4) is 17.2 Å². The van der Waals surface area contributed by atoms with Gasteiger partial charge in [-0.25, -0.2) is 0 Å². The van der Waals surface area contributed by atoms with Gasteiger partial charge >= 0.3 is 0 Å². The average molecular weight is 315 g/mol. The lowest BCUT2D eigenvalue weighted by Crippen LogP contribution is -2.28. The van der Waals surface area contributed by atoms with E-state index in [1.807, 2.05) is 43.3 Å². The van der Waals surface area contributed by atoms with Crippen molar-refractivity contribution >= 4 is 5.91 Å². The summed E-state index contributed by atoms with van der Waals surface area (Å²) in [5, 5.41) is 2.81. The van der Waals surface area contributed by atoms with Gasteiger partial charge in [-0.2, -0.15) is 0 Å². The Morgan fingerprint density at radius 1 is 1.00 bits per heavy atom. The monoisotopic (exact) mass is 315 g/mol. The minimum absolute atomic E-state index is 0.0233. The fraction of sp³-hybridized carbons (Fsp3) is 0.278. The van der Waals surface area contributed by atoms with Gasteiger partial charge < -0.3 is 19.5 Å². The highest BCUT2D eigenvalue weighted by Crippen LogP contribution is 2.22. The van der Waals surface area contributed by atoms with Crippen molar-refractivity contribution in [1.82, 2.24) is 5.32 Å². The number of rotatable bonds is 7. The molecule has 0 radical (unpaired) electrons. The number of carbonyl (C=O) groups excluding carboxylic acids is 1. The summed E-state index contributed by atoms with van der Waals surface area (Å²) in [5.41, 5.74) is 1.98. The maximum atomic E-state index is 11.9. The number of benzene rings is 2. The molecule has 1 amide bonds. The Kier molecular flexibility index (Phi) is 5.86. The molecule has 5 heteroatoms. The molecule has 0 aliphatic heterocycles. The van der Waals surface area contributed by atoms with Gasteiger partial charge in [-0.15, -0.1) is 0 Å². The summed E-state index contributed by atoms with van der Waals surface area (Å²) in [6.45, 7) is 2.33. The molecule has 0 atom stereocenters. The van der Waals surface area contributed by atoms with Crippen LogP contribution in [0.15, 0.2) is 42.5 Å². The molecule has 23 heavy (non-hydrogen) atoms. The van der Waals surface area contributed by atoms with Crippen molar-refractivity contribution in [3.63, 3.8) is 0 Å². The van der Waals surface area contributed by atoms with E-state index in [1.165, 1.54) is 0 Å². The van der Waals surface area contributed by atoms with Crippen molar-refractivity contribution in [2.45, 2.75) is 13.5 Å². The van der Waals surface area contributed by atoms with Crippen LogP contribution in [0.3, 0.4) is 0 Å². The Labute approximate surface area is 136 Å². The third kappa shape index (κ3) is 5.21. The lowest BCUT2D eigenvalue weighted by molar-refractivity contribution is -0.123. The third-order valence-corrected chi connectivity index (χ3v) is 3.26. The summed E-state index contributed by atoms with van der Waals surface area (Å²) in [4.78, 5) is 11.9. The molecule has 0 aliphatic carbocycles. The summed E-state index contributed by atoms with van der Waals surface area (Å²) in [6.07, 6.45) is 0. The minimum atomic E-state index is -0.187.